The van der Waals surface area contributed by atoms with E-state index in [4.69, 9.17) is 0 Å². The molecule has 1 fully saturated rings. The highest BCUT2D eigenvalue weighted by Crippen LogP contribution is 2.21. The Balaban J connectivity index is 1.60. The quantitative estimate of drug-likeness (QED) is 0.821. The summed E-state index contributed by atoms with van der Waals surface area (Å²) in [5, 5.41) is 3.27. The zero-order valence-electron chi connectivity index (χ0n) is 14.9. The van der Waals surface area contributed by atoms with Gasteiger partial charge in [-0.05, 0) is 32.7 Å². The van der Waals surface area contributed by atoms with Gasteiger partial charge >= 0.3 is 0 Å². The van der Waals surface area contributed by atoms with Crippen LogP contribution in [0.4, 0.5) is 0 Å². The minimum Gasteiger partial charge on any atom is -0.335 e. The Morgan fingerprint density at radius 1 is 1.32 bits per heavy atom. The van der Waals surface area contributed by atoms with Crippen molar-refractivity contribution in [3.05, 3.63) is 40.4 Å². The maximum Gasteiger partial charge on any atom is 0.219 e. The van der Waals surface area contributed by atoms with E-state index >= 15 is 0 Å². The van der Waals surface area contributed by atoms with Crippen LogP contribution in [0.5, 0.6) is 0 Å². The van der Waals surface area contributed by atoms with Gasteiger partial charge in [-0.25, -0.2) is 15.0 Å². The first-order valence-corrected chi connectivity index (χ1v) is 9.64. The molecule has 0 aliphatic carbocycles. The molecule has 25 heavy (non-hydrogen) atoms. The molecule has 1 aliphatic heterocycles. The van der Waals surface area contributed by atoms with Gasteiger partial charge in [-0.15, -0.1) is 11.3 Å². The first kappa shape index (κ1) is 17.9. The fourth-order valence-electron chi connectivity index (χ4n) is 3.42. The van der Waals surface area contributed by atoms with Gasteiger partial charge in [0.15, 0.2) is 0 Å². The monoisotopic (exact) mass is 359 g/mol. The summed E-state index contributed by atoms with van der Waals surface area (Å²) in [6, 6.07) is 0.278. The maximum absolute atomic E-state index is 12.2. The molecule has 0 N–H and O–H groups in total. The Kier molecular flexibility index (Phi) is 6.09. The SMILES string of the molecule is CC(=O)N(Cc1cncnc1)C1CCCN(Cc2csc(C)n2)CC1. The van der Waals surface area contributed by atoms with Crippen LogP contribution in [-0.4, -0.2) is 49.8 Å². The first-order valence-electron chi connectivity index (χ1n) is 8.76. The van der Waals surface area contributed by atoms with Crippen molar-refractivity contribution in [3.63, 3.8) is 0 Å². The average Bonchev–Trinajstić information content (AvgIpc) is 2.87. The van der Waals surface area contributed by atoms with Crippen molar-refractivity contribution in [2.45, 2.75) is 52.2 Å². The molecule has 0 saturated carbocycles. The third-order valence-electron chi connectivity index (χ3n) is 4.65. The molecular formula is C18H25N5OS. The van der Waals surface area contributed by atoms with Gasteiger partial charge < -0.3 is 4.90 Å². The second kappa shape index (κ2) is 8.49. The molecule has 2 aromatic rings. The van der Waals surface area contributed by atoms with Crippen LogP contribution < -0.4 is 0 Å². The molecule has 1 amide bonds. The number of likely N-dealkylation sites (tertiary alicyclic amines) is 1. The Hall–Kier alpha value is -1.86. The summed E-state index contributed by atoms with van der Waals surface area (Å²) in [7, 11) is 0. The van der Waals surface area contributed by atoms with E-state index in [-0.39, 0.29) is 11.9 Å². The van der Waals surface area contributed by atoms with Gasteiger partial charge in [0.25, 0.3) is 0 Å². The molecule has 0 aromatic carbocycles. The second-order valence-electron chi connectivity index (χ2n) is 6.61. The number of aromatic nitrogens is 3. The van der Waals surface area contributed by atoms with Gasteiger partial charge in [0, 0.05) is 55.9 Å². The van der Waals surface area contributed by atoms with E-state index in [1.807, 2.05) is 11.8 Å². The number of thiazole rings is 1. The number of hydrogen-bond acceptors (Lipinski definition) is 6. The number of aryl methyl sites for hydroxylation is 1. The predicted molar refractivity (Wildman–Crippen MR) is 98.0 cm³/mol. The van der Waals surface area contributed by atoms with Crippen LogP contribution in [0.1, 0.15) is 42.5 Å². The molecular weight excluding hydrogens is 334 g/mol. The molecule has 0 radical (unpaired) electrons. The number of carbonyl (C=O) groups excluding carboxylic acids is 1. The third kappa shape index (κ3) is 5.06. The van der Waals surface area contributed by atoms with Crippen LogP contribution in [-0.2, 0) is 17.9 Å². The molecule has 6 nitrogen and oxygen atoms in total. The highest BCUT2D eigenvalue weighted by atomic mass is 32.1. The zero-order chi connectivity index (χ0) is 17.6. The Morgan fingerprint density at radius 3 is 2.80 bits per heavy atom. The fraction of sp³-hybridized carbons (Fsp3) is 0.556. The summed E-state index contributed by atoms with van der Waals surface area (Å²) >= 11 is 1.71. The normalized spacial score (nSPS) is 18.7. The lowest BCUT2D eigenvalue weighted by atomic mass is 10.1. The van der Waals surface area contributed by atoms with Crippen molar-refractivity contribution in [3.8, 4) is 0 Å². The van der Waals surface area contributed by atoms with Crippen LogP contribution in [0, 0.1) is 6.92 Å². The van der Waals surface area contributed by atoms with Crippen molar-refractivity contribution in [1.29, 1.82) is 0 Å². The van der Waals surface area contributed by atoms with E-state index in [1.54, 1.807) is 30.7 Å². The van der Waals surface area contributed by atoms with Gasteiger partial charge in [0.05, 0.1) is 10.7 Å². The summed E-state index contributed by atoms with van der Waals surface area (Å²) < 4.78 is 0. The molecule has 7 heteroatoms. The summed E-state index contributed by atoms with van der Waals surface area (Å²) in [5.74, 6) is 0.123. The molecule has 0 bridgehead atoms. The number of rotatable bonds is 5. The molecule has 1 unspecified atom stereocenters. The topological polar surface area (TPSA) is 62.2 Å². The fourth-order valence-corrected chi connectivity index (χ4v) is 4.03. The molecule has 3 rings (SSSR count). The van der Waals surface area contributed by atoms with Gasteiger partial charge in [-0.1, -0.05) is 0 Å². The summed E-state index contributed by atoms with van der Waals surface area (Å²) in [4.78, 5) is 29.3. The number of nitrogens with zero attached hydrogens (tertiary/aromatic N) is 5. The van der Waals surface area contributed by atoms with Crippen LogP contribution in [0.2, 0.25) is 0 Å². The Morgan fingerprint density at radius 2 is 2.12 bits per heavy atom. The van der Waals surface area contributed by atoms with E-state index in [0.717, 1.165) is 55.2 Å². The molecule has 2 aromatic heterocycles. The van der Waals surface area contributed by atoms with Crippen molar-refractivity contribution < 1.29 is 4.79 Å². The lowest BCUT2D eigenvalue weighted by Crippen LogP contribution is -2.39. The smallest absolute Gasteiger partial charge is 0.219 e. The van der Waals surface area contributed by atoms with Crippen molar-refractivity contribution in [2.75, 3.05) is 13.1 Å². The number of hydrogen-bond donors (Lipinski definition) is 0. The summed E-state index contributed by atoms with van der Waals surface area (Å²) in [6.45, 7) is 7.26. The minimum absolute atomic E-state index is 0.123. The van der Waals surface area contributed by atoms with Crippen molar-refractivity contribution in [2.24, 2.45) is 0 Å². The Bertz CT molecular complexity index is 690. The van der Waals surface area contributed by atoms with E-state index in [2.05, 4.69) is 25.2 Å². The van der Waals surface area contributed by atoms with Crippen LogP contribution >= 0.6 is 11.3 Å². The van der Waals surface area contributed by atoms with Gasteiger partial charge in [0.1, 0.15) is 6.33 Å². The molecule has 1 saturated heterocycles. The van der Waals surface area contributed by atoms with Gasteiger partial charge in [-0.2, -0.15) is 0 Å². The second-order valence-corrected chi connectivity index (χ2v) is 7.67. The first-order chi connectivity index (χ1) is 12.1. The lowest BCUT2D eigenvalue weighted by Gasteiger charge is -2.30. The predicted octanol–water partition coefficient (Wildman–Crippen LogP) is 2.64. The van der Waals surface area contributed by atoms with Crippen molar-refractivity contribution >= 4 is 17.2 Å². The standard InChI is InChI=1S/C18H25N5OS/c1-14-21-17(12-25-14)11-22-6-3-4-18(5-7-22)23(15(2)24)10-16-8-19-13-20-9-16/h8-9,12-13,18H,3-7,10-11H2,1-2H3. The molecule has 1 aliphatic rings. The molecule has 134 valence electrons. The van der Waals surface area contributed by atoms with E-state index in [0.29, 0.717) is 6.54 Å². The van der Waals surface area contributed by atoms with Crippen LogP contribution in [0.25, 0.3) is 0 Å². The molecule has 3 heterocycles. The van der Waals surface area contributed by atoms with Crippen LogP contribution in [0.3, 0.4) is 0 Å². The van der Waals surface area contributed by atoms with Crippen molar-refractivity contribution in [1.82, 2.24) is 24.8 Å². The van der Waals surface area contributed by atoms with E-state index in [9.17, 15) is 4.79 Å². The lowest BCUT2D eigenvalue weighted by molar-refractivity contribution is -0.132. The molecule has 0 spiro atoms. The number of amides is 1. The van der Waals surface area contributed by atoms with E-state index in [1.165, 1.54) is 6.33 Å². The Labute approximate surface area is 152 Å². The number of carbonyl (C=O) groups is 1. The van der Waals surface area contributed by atoms with Crippen LogP contribution in [0.15, 0.2) is 24.1 Å². The largest absolute Gasteiger partial charge is 0.335 e. The van der Waals surface area contributed by atoms with Gasteiger partial charge in [0.2, 0.25) is 5.91 Å². The highest BCUT2D eigenvalue weighted by Gasteiger charge is 2.25. The molecule has 1 atom stereocenters. The zero-order valence-corrected chi connectivity index (χ0v) is 15.7. The summed E-state index contributed by atoms with van der Waals surface area (Å²) in [6.07, 6.45) is 8.23. The highest BCUT2D eigenvalue weighted by molar-refractivity contribution is 7.09. The van der Waals surface area contributed by atoms with E-state index < -0.39 is 0 Å². The maximum atomic E-state index is 12.2. The summed E-state index contributed by atoms with van der Waals surface area (Å²) in [5.41, 5.74) is 2.14. The minimum atomic E-state index is 0.123. The average molecular weight is 359 g/mol. The third-order valence-corrected chi connectivity index (χ3v) is 5.48. The van der Waals surface area contributed by atoms with Gasteiger partial charge in [-0.3, -0.25) is 9.69 Å².